The Balaban J connectivity index is 1.30. The van der Waals surface area contributed by atoms with Gasteiger partial charge in [-0.3, -0.25) is 4.79 Å². The first kappa shape index (κ1) is 23.0. The molecule has 172 valence electrons. The first-order valence-corrected chi connectivity index (χ1v) is 11.7. The molecule has 1 aliphatic heterocycles. The summed E-state index contributed by atoms with van der Waals surface area (Å²) in [5.41, 5.74) is 6.70. The van der Waals surface area contributed by atoms with E-state index in [0.717, 1.165) is 55.8 Å². The second kappa shape index (κ2) is 10.6. The Morgan fingerprint density at radius 3 is 1.97 bits per heavy atom. The molecule has 1 amide bonds. The number of benzene rings is 3. The fourth-order valence-corrected chi connectivity index (χ4v) is 4.79. The Labute approximate surface area is 195 Å². The number of likely N-dealkylation sites (tertiary alicyclic amines) is 1. The van der Waals surface area contributed by atoms with Gasteiger partial charge in [0.05, 0.1) is 6.61 Å². The van der Waals surface area contributed by atoms with Crippen molar-refractivity contribution in [2.45, 2.75) is 24.9 Å². The number of carbonyl (C=O) groups is 1. The number of carbonyl (C=O) groups excluding carboxylic acids is 1. The second-order valence-corrected chi connectivity index (χ2v) is 8.70. The average molecular weight is 445 g/mol. The van der Waals surface area contributed by atoms with E-state index in [4.69, 9.17) is 10.5 Å². The number of nitrogens with zero attached hydrogens (tertiary/aromatic N) is 1. The van der Waals surface area contributed by atoms with Crippen molar-refractivity contribution in [2.24, 2.45) is 11.7 Å². The fourth-order valence-electron chi connectivity index (χ4n) is 4.79. The standard InChI is InChI=1S/C28H32N2O3/c29-27(31)22-12-14-26(15-13-22)33-21-7-18-30-19-16-25(17-20-30)28(32,23-8-3-1-4-9-23)24-10-5-2-6-11-24/h1-6,8-15,25,32H,7,16-21H2,(H2,29,31). The van der Waals surface area contributed by atoms with Crippen LogP contribution in [0, 0.1) is 5.92 Å². The molecule has 1 heterocycles. The minimum Gasteiger partial charge on any atom is -0.494 e. The van der Waals surface area contributed by atoms with Crippen molar-refractivity contribution in [3.05, 3.63) is 102 Å². The van der Waals surface area contributed by atoms with Crippen LogP contribution >= 0.6 is 0 Å². The zero-order valence-corrected chi connectivity index (χ0v) is 18.9. The van der Waals surface area contributed by atoms with E-state index in [1.807, 2.05) is 60.7 Å². The SMILES string of the molecule is NC(=O)c1ccc(OCCCN2CCC(C(O)(c3ccccc3)c3ccccc3)CC2)cc1. The van der Waals surface area contributed by atoms with Crippen LogP contribution in [0.1, 0.15) is 40.7 Å². The highest BCUT2D eigenvalue weighted by molar-refractivity contribution is 5.92. The number of hydrogen-bond donors (Lipinski definition) is 2. The highest BCUT2D eigenvalue weighted by Gasteiger charge is 2.41. The molecule has 0 radical (unpaired) electrons. The zero-order chi connectivity index (χ0) is 23.1. The molecule has 3 N–H and O–H groups in total. The monoisotopic (exact) mass is 444 g/mol. The molecule has 0 aliphatic carbocycles. The van der Waals surface area contributed by atoms with Crippen LogP contribution in [0.5, 0.6) is 5.75 Å². The molecular formula is C28H32N2O3. The maximum absolute atomic E-state index is 12.0. The number of rotatable bonds is 9. The highest BCUT2D eigenvalue weighted by Crippen LogP contribution is 2.41. The molecule has 1 aliphatic rings. The summed E-state index contributed by atoms with van der Waals surface area (Å²) in [7, 11) is 0. The summed E-state index contributed by atoms with van der Waals surface area (Å²) in [5, 5.41) is 12.0. The van der Waals surface area contributed by atoms with E-state index >= 15 is 0 Å². The molecule has 5 nitrogen and oxygen atoms in total. The number of nitrogens with two attached hydrogens (primary N) is 1. The largest absolute Gasteiger partial charge is 0.494 e. The van der Waals surface area contributed by atoms with E-state index in [0.29, 0.717) is 12.2 Å². The van der Waals surface area contributed by atoms with Crippen LogP contribution in [0.25, 0.3) is 0 Å². The molecule has 0 atom stereocenters. The van der Waals surface area contributed by atoms with Gasteiger partial charge in [0.1, 0.15) is 11.4 Å². The lowest BCUT2D eigenvalue weighted by molar-refractivity contribution is -0.0146. The molecule has 1 fully saturated rings. The van der Waals surface area contributed by atoms with Crippen molar-refractivity contribution >= 4 is 5.91 Å². The van der Waals surface area contributed by atoms with E-state index < -0.39 is 11.5 Å². The quantitative estimate of drug-likeness (QED) is 0.485. The van der Waals surface area contributed by atoms with Gasteiger partial charge in [0.25, 0.3) is 0 Å². The molecule has 0 aromatic heterocycles. The number of piperidine rings is 1. The topological polar surface area (TPSA) is 75.8 Å². The van der Waals surface area contributed by atoms with Gasteiger partial charge in [0.2, 0.25) is 5.91 Å². The number of hydrogen-bond acceptors (Lipinski definition) is 4. The van der Waals surface area contributed by atoms with Gasteiger partial charge in [-0.2, -0.15) is 0 Å². The van der Waals surface area contributed by atoms with Gasteiger partial charge in [-0.15, -0.1) is 0 Å². The van der Waals surface area contributed by atoms with Gasteiger partial charge in [0, 0.05) is 12.1 Å². The second-order valence-electron chi connectivity index (χ2n) is 8.70. The molecule has 5 heteroatoms. The van der Waals surface area contributed by atoms with Crippen LogP contribution < -0.4 is 10.5 Å². The Morgan fingerprint density at radius 1 is 0.909 bits per heavy atom. The van der Waals surface area contributed by atoms with Crippen LogP contribution in [0.15, 0.2) is 84.9 Å². The van der Waals surface area contributed by atoms with Gasteiger partial charge in [0.15, 0.2) is 0 Å². The number of primary amides is 1. The minimum absolute atomic E-state index is 0.165. The van der Waals surface area contributed by atoms with Crippen molar-refractivity contribution in [1.29, 1.82) is 0 Å². The maximum atomic E-state index is 12.0. The molecule has 33 heavy (non-hydrogen) atoms. The molecule has 0 saturated carbocycles. The Bertz CT molecular complexity index is 975. The molecule has 4 rings (SSSR count). The van der Waals surface area contributed by atoms with Crippen LogP contribution in [0.4, 0.5) is 0 Å². The van der Waals surface area contributed by atoms with Crippen molar-refractivity contribution in [3.8, 4) is 5.75 Å². The predicted molar refractivity (Wildman–Crippen MR) is 130 cm³/mol. The third-order valence-electron chi connectivity index (χ3n) is 6.63. The van der Waals surface area contributed by atoms with Crippen molar-refractivity contribution in [2.75, 3.05) is 26.2 Å². The van der Waals surface area contributed by atoms with E-state index in [-0.39, 0.29) is 5.92 Å². The zero-order valence-electron chi connectivity index (χ0n) is 18.9. The van der Waals surface area contributed by atoms with E-state index in [1.165, 1.54) is 0 Å². The first-order valence-electron chi connectivity index (χ1n) is 11.7. The summed E-state index contributed by atoms with van der Waals surface area (Å²) < 4.78 is 5.80. The van der Waals surface area contributed by atoms with Crippen LogP contribution in [0.2, 0.25) is 0 Å². The summed E-state index contributed by atoms with van der Waals surface area (Å²) in [4.78, 5) is 13.6. The number of ether oxygens (including phenoxy) is 1. The van der Waals surface area contributed by atoms with Gasteiger partial charge >= 0.3 is 0 Å². The summed E-state index contributed by atoms with van der Waals surface area (Å²) in [6, 6.07) is 27.0. The summed E-state index contributed by atoms with van der Waals surface area (Å²) >= 11 is 0. The van der Waals surface area contributed by atoms with E-state index in [2.05, 4.69) is 4.90 Å². The predicted octanol–water partition coefficient (Wildman–Crippen LogP) is 4.20. The lowest BCUT2D eigenvalue weighted by Crippen LogP contribution is -2.44. The summed E-state index contributed by atoms with van der Waals surface area (Å²) in [5.74, 6) is 0.476. The molecule has 3 aromatic carbocycles. The third-order valence-corrected chi connectivity index (χ3v) is 6.63. The van der Waals surface area contributed by atoms with E-state index in [9.17, 15) is 9.90 Å². The van der Waals surface area contributed by atoms with E-state index in [1.54, 1.807) is 24.3 Å². The average Bonchev–Trinajstić information content (AvgIpc) is 2.88. The minimum atomic E-state index is -0.977. The Kier molecular flexibility index (Phi) is 7.43. The van der Waals surface area contributed by atoms with Crippen LogP contribution in [-0.2, 0) is 5.60 Å². The summed E-state index contributed by atoms with van der Waals surface area (Å²) in [6.45, 7) is 3.49. The molecule has 0 bridgehead atoms. The van der Waals surface area contributed by atoms with Crippen LogP contribution in [-0.4, -0.2) is 42.2 Å². The lowest BCUT2D eigenvalue weighted by atomic mass is 9.72. The maximum Gasteiger partial charge on any atom is 0.248 e. The first-order chi connectivity index (χ1) is 16.1. The normalized spacial score (nSPS) is 15.3. The van der Waals surface area contributed by atoms with Gasteiger partial charge < -0.3 is 20.5 Å². The van der Waals surface area contributed by atoms with Crippen molar-refractivity contribution in [1.82, 2.24) is 4.90 Å². The number of amides is 1. The Morgan fingerprint density at radius 2 is 1.45 bits per heavy atom. The summed E-state index contributed by atoms with van der Waals surface area (Å²) in [6.07, 6.45) is 2.80. The smallest absolute Gasteiger partial charge is 0.248 e. The molecule has 1 saturated heterocycles. The van der Waals surface area contributed by atoms with Crippen LogP contribution in [0.3, 0.4) is 0 Å². The van der Waals surface area contributed by atoms with Crippen molar-refractivity contribution in [3.63, 3.8) is 0 Å². The van der Waals surface area contributed by atoms with Gasteiger partial charge in [-0.25, -0.2) is 0 Å². The molecule has 3 aromatic rings. The third kappa shape index (κ3) is 5.44. The fraction of sp³-hybridized carbons (Fsp3) is 0.321. The molecule has 0 spiro atoms. The van der Waals surface area contributed by atoms with Gasteiger partial charge in [-0.1, -0.05) is 60.7 Å². The lowest BCUT2D eigenvalue weighted by Gasteiger charge is -2.42. The van der Waals surface area contributed by atoms with Gasteiger partial charge in [-0.05, 0) is 73.7 Å². The van der Waals surface area contributed by atoms with Crippen molar-refractivity contribution < 1.29 is 14.6 Å². The molecular weight excluding hydrogens is 412 g/mol. The highest BCUT2D eigenvalue weighted by atomic mass is 16.5. The Hall–Kier alpha value is -3.15. The number of aliphatic hydroxyl groups is 1. The molecule has 0 unspecified atom stereocenters.